The third-order valence-corrected chi connectivity index (χ3v) is 4.56. The van der Waals surface area contributed by atoms with Gasteiger partial charge in [-0.1, -0.05) is 11.6 Å². The molecule has 1 aromatic rings. The van der Waals surface area contributed by atoms with Crippen molar-refractivity contribution in [1.82, 2.24) is 4.72 Å². The first-order valence-electron chi connectivity index (χ1n) is 5.66. The van der Waals surface area contributed by atoms with Gasteiger partial charge in [0.1, 0.15) is 0 Å². The summed E-state index contributed by atoms with van der Waals surface area (Å²) in [6.07, 6.45) is -0.319. The summed E-state index contributed by atoms with van der Waals surface area (Å²) in [4.78, 5) is 9.96. The number of halogens is 1. The number of nitro benzene ring substituents is 1. The molecule has 0 spiro atoms. The van der Waals surface area contributed by atoms with E-state index in [2.05, 4.69) is 4.72 Å². The number of hydrogen-bond acceptors (Lipinski definition) is 5. The molecule has 9 heteroatoms. The quantitative estimate of drug-likeness (QED) is 0.636. The molecule has 20 heavy (non-hydrogen) atoms. The van der Waals surface area contributed by atoms with Gasteiger partial charge in [-0.15, -0.1) is 0 Å². The molecule has 1 atom stereocenters. The molecule has 0 bridgehead atoms. The van der Waals surface area contributed by atoms with Gasteiger partial charge in [-0.25, -0.2) is 13.1 Å². The minimum absolute atomic E-state index is 0.0272. The summed E-state index contributed by atoms with van der Waals surface area (Å²) in [7, 11) is -2.43. The molecule has 0 saturated heterocycles. The average Bonchev–Trinajstić information content (AvgIpc) is 2.38. The number of nitrogens with one attached hydrogen (secondary N) is 1. The normalized spacial score (nSPS) is 13.2. The van der Waals surface area contributed by atoms with Crippen LogP contribution >= 0.6 is 11.6 Å². The van der Waals surface area contributed by atoms with Crippen LogP contribution in [0.25, 0.3) is 0 Å². The van der Waals surface area contributed by atoms with Gasteiger partial charge in [-0.2, -0.15) is 0 Å². The molecule has 0 amide bonds. The van der Waals surface area contributed by atoms with Gasteiger partial charge < -0.3 is 4.74 Å². The van der Waals surface area contributed by atoms with Crippen LogP contribution in [0.3, 0.4) is 0 Å². The molecular weight excluding hydrogens is 308 g/mol. The fraction of sp³-hybridized carbons (Fsp3) is 0.455. The molecule has 1 aromatic carbocycles. The summed E-state index contributed by atoms with van der Waals surface area (Å²) >= 11 is 5.84. The van der Waals surface area contributed by atoms with Crippen molar-refractivity contribution in [2.24, 2.45) is 0 Å². The molecule has 1 unspecified atom stereocenters. The molecule has 0 heterocycles. The summed E-state index contributed by atoms with van der Waals surface area (Å²) in [5.41, 5.74) is -0.112. The maximum absolute atomic E-state index is 12.0. The van der Waals surface area contributed by atoms with Crippen LogP contribution in [0.5, 0.6) is 0 Å². The Balaban J connectivity index is 3.16. The molecule has 112 valence electrons. The number of nitrogens with zero attached hydrogens (tertiary/aromatic N) is 1. The van der Waals surface area contributed by atoms with E-state index in [1.165, 1.54) is 20.1 Å². The highest BCUT2D eigenvalue weighted by atomic mass is 35.5. The Hall–Kier alpha value is -1.22. The summed E-state index contributed by atoms with van der Waals surface area (Å²) in [6, 6.07) is 2.17. The van der Waals surface area contributed by atoms with Crippen molar-refractivity contribution < 1.29 is 18.1 Å². The van der Waals surface area contributed by atoms with E-state index in [1.54, 1.807) is 6.92 Å². The molecule has 0 aliphatic heterocycles. The second-order valence-corrected chi connectivity index (χ2v) is 6.38. The molecule has 0 saturated carbocycles. The molecule has 0 aromatic heterocycles. The fourth-order valence-electron chi connectivity index (χ4n) is 1.38. The molecule has 0 radical (unpaired) electrons. The molecular formula is C11H15ClN2O5S. The Labute approximate surface area is 122 Å². The van der Waals surface area contributed by atoms with Crippen LogP contribution in [-0.4, -0.2) is 33.1 Å². The van der Waals surface area contributed by atoms with Crippen molar-refractivity contribution in [3.8, 4) is 0 Å². The van der Waals surface area contributed by atoms with Crippen LogP contribution in [0.4, 0.5) is 5.69 Å². The fourth-order valence-corrected chi connectivity index (χ4v) is 2.82. The number of sulfonamides is 1. The van der Waals surface area contributed by atoms with Gasteiger partial charge in [0, 0.05) is 25.3 Å². The second kappa shape index (κ2) is 6.49. The third-order valence-electron chi connectivity index (χ3n) is 2.76. The Morgan fingerprint density at radius 3 is 2.60 bits per heavy atom. The molecule has 0 aliphatic rings. The molecule has 0 fully saturated rings. The number of nitro groups is 1. The topological polar surface area (TPSA) is 98.5 Å². The lowest BCUT2D eigenvalue weighted by Crippen LogP contribution is -2.31. The highest BCUT2D eigenvalue weighted by molar-refractivity contribution is 7.89. The van der Waals surface area contributed by atoms with Crippen molar-refractivity contribution >= 4 is 27.3 Å². The molecule has 1 N–H and O–H groups in total. The minimum atomic E-state index is -3.88. The molecule has 1 rings (SSSR count). The van der Waals surface area contributed by atoms with Gasteiger partial charge in [0.2, 0.25) is 10.0 Å². The zero-order valence-corrected chi connectivity index (χ0v) is 12.8. The van der Waals surface area contributed by atoms with Crippen molar-refractivity contribution in [3.63, 3.8) is 0 Å². The number of rotatable bonds is 6. The van der Waals surface area contributed by atoms with Gasteiger partial charge in [0.05, 0.1) is 20.9 Å². The second-order valence-electron chi connectivity index (χ2n) is 4.20. The van der Waals surface area contributed by atoms with Crippen LogP contribution in [0, 0.1) is 17.0 Å². The van der Waals surface area contributed by atoms with Crippen molar-refractivity contribution in [2.75, 3.05) is 13.7 Å². The van der Waals surface area contributed by atoms with E-state index in [1.807, 2.05) is 0 Å². The van der Waals surface area contributed by atoms with E-state index < -0.39 is 14.9 Å². The Morgan fingerprint density at radius 2 is 2.10 bits per heavy atom. The van der Waals surface area contributed by atoms with Crippen molar-refractivity contribution in [1.29, 1.82) is 0 Å². The smallest absolute Gasteiger partial charge is 0.275 e. The van der Waals surface area contributed by atoms with Gasteiger partial charge in [-0.3, -0.25) is 10.1 Å². The standard InChI is InChI=1S/C11H15ClN2O5S/c1-7(19-3)6-13-20(17,18)9-4-10(12)8(2)11(5-9)14(15)16/h4-5,7,13H,6H2,1-3H3. The number of benzene rings is 1. The van der Waals surface area contributed by atoms with Crippen LogP contribution in [0.1, 0.15) is 12.5 Å². The predicted octanol–water partition coefficient (Wildman–Crippen LogP) is 1.87. The monoisotopic (exact) mass is 322 g/mol. The van der Waals surface area contributed by atoms with Gasteiger partial charge in [0.15, 0.2) is 0 Å². The highest BCUT2D eigenvalue weighted by Gasteiger charge is 2.22. The zero-order chi connectivity index (χ0) is 15.5. The number of ether oxygens (including phenoxy) is 1. The summed E-state index contributed by atoms with van der Waals surface area (Å²) in [5, 5.41) is 10.9. The van der Waals surface area contributed by atoms with Crippen LogP contribution in [-0.2, 0) is 14.8 Å². The van der Waals surface area contributed by atoms with Crippen LogP contribution in [0.15, 0.2) is 17.0 Å². The Bertz CT molecular complexity index is 617. The van der Waals surface area contributed by atoms with E-state index in [0.29, 0.717) is 0 Å². The van der Waals surface area contributed by atoms with Crippen LogP contribution < -0.4 is 4.72 Å². The highest BCUT2D eigenvalue weighted by Crippen LogP contribution is 2.29. The SMILES string of the molecule is COC(C)CNS(=O)(=O)c1cc(Cl)c(C)c([N+](=O)[O-])c1. The number of methoxy groups -OCH3 is 1. The lowest BCUT2D eigenvalue weighted by Gasteiger charge is -2.12. The lowest BCUT2D eigenvalue weighted by molar-refractivity contribution is -0.385. The van der Waals surface area contributed by atoms with Gasteiger partial charge in [0.25, 0.3) is 5.69 Å². The average molecular weight is 323 g/mol. The third kappa shape index (κ3) is 3.89. The summed E-state index contributed by atoms with van der Waals surface area (Å²) < 4.78 is 31.3. The Kier molecular flexibility index (Phi) is 5.46. The molecule has 7 nitrogen and oxygen atoms in total. The first-order valence-corrected chi connectivity index (χ1v) is 7.52. The zero-order valence-electron chi connectivity index (χ0n) is 11.2. The van der Waals surface area contributed by atoms with E-state index in [4.69, 9.17) is 16.3 Å². The minimum Gasteiger partial charge on any atom is -0.380 e. The first-order chi connectivity index (χ1) is 9.19. The maximum Gasteiger partial charge on any atom is 0.275 e. The van der Waals surface area contributed by atoms with Crippen molar-refractivity contribution in [2.45, 2.75) is 24.8 Å². The van der Waals surface area contributed by atoms with Gasteiger partial charge >= 0.3 is 0 Å². The van der Waals surface area contributed by atoms with Crippen molar-refractivity contribution in [3.05, 3.63) is 32.8 Å². The van der Waals surface area contributed by atoms with E-state index in [0.717, 1.165) is 6.07 Å². The van der Waals surface area contributed by atoms with Crippen LogP contribution in [0.2, 0.25) is 5.02 Å². The summed E-state index contributed by atoms with van der Waals surface area (Å²) in [6.45, 7) is 3.20. The van der Waals surface area contributed by atoms with E-state index >= 15 is 0 Å². The maximum atomic E-state index is 12.0. The van der Waals surface area contributed by atoms with Gasteiger partial charge in [-0.05, 0) is 19.9 Å². The predicted molar refractivity (Wildman–Crippen MR) is 74.5 cm³/mol. The lowest BCUT2D eigenvalue weighted by atomic mass is 10.2. The van der Waals surface area contributed by atoms with E-state index in [9.17, 15) is 18.5 Å². The largest absolute Gasteiger partial charge is 0.380 e. The molecule has 0 aliphatic carbocycles. The summed E-state index contributed by atoms with van der Waals surface area (Å²) in [5.74, 6) is 0. The first kappa shape index (κ1) is 16.8. The number of hydrogen-bond donors (Lipinski definition) is 1. The Morgan fingerprint density at radius 1 is 1.50 bits per heavy atom. The van der Waals surface area contributed by atoms with E-state index in [-0.39, 0.29) is 33.8 Å².